The predicted octanol–water partition coefficient (Wildman–Crippen LogP) is 4.77. The highest BCUT2D eigenvalue weighted by atomic mass is 16.2. The fourth-order valence-corrected chi connectivity index (χ4v) is 5.49. The molecule has 4 aromatic carbocycles. The predicted molar refractivity (Wildman–Crippen MR) is 128 cm³/mol. The fraction of sp³-hybridized carbons (Fsp3) is 0. The molecule has 0 atom stereocenters. The lowest BCUT2D eigenvalue weighted by Gasteiger charge is -2.01. The Bertz CT molecular complexity index is 2190. The van der Waals surface area contributed by atoms with Crippen molar-refractivity contribution in [1.29, 1.82) is 0 Å². The Morgan fingerprint density at radius 1 is 0.531 bits per heavy atom. The van der Waals surface area contributed by atoms with Crippen LogP contribution in [-0.2, 0) is 0 Å². The fourth-order valence-electron chi connectivity index (χ4n) is 5.49. The summed E-state index contributed by atoms with van der Waals surface area (Å²) in [5.74, 6) is 0. The zero-order chi connectivity index (χ0) is 21.1. The van der Waals surface area contributed by atoms with E-state index in [1.54, 1.807) is 10.6 Å². The van der Waals surface area contributed by atoms with Crippen molar-refractivity contribution < 1.29 is 0 Å². The van der Waals surface area contributed by atoms with E-state index in [1.165, 1.54) is 4.52 Å². The van der Waals surface area contributed by atoms with Gasteiger partial charge in [0.15, 0.2) is 0 Å². The first-order chi connectivity index (χ1) is 15.7. The van der Waals surface area contributed by atoms with Gasteiger partial charge in [-0.2, -0.15) is 4.52 Å². The van der Waals surface area contributed by atoms with Crippen molar-refractivity contribution >= 4 is 65.4 Å². The van der Waals surface area contributed by atoms with Gasteiger partial charge in [-0.1, -0.05) is 48.5 Å². The molecule has 6 heteroatoms. The van der Waals surface area contributed by atoms with Crippen LogP contribution in [-0.4, -0.2) is 19.0 Å². The molecule has 0 spiro atoms. The molecule has 6 nitrogen and oxygen atoms in total. The molecule has 4 aromatic heterocycles. The maximum Gasteiger partial charge on any atom is 0.283 e. The summed E-state index contributed by atoms with van der Waals surface area (Å²) >= 11 is 0. The van der Waals surface area contributed by atoms with Gasteiger partial charge < -0.3 is 9.97 Å². The Kier molecular flexibility index (Phi) is 2.61. The highest BCUT2D eigenvalue weighted by molar-refractivity contribution is 6.34. The van der Waals surface area contributed by atoms with E-state index in [1.807, 2.05) is 60.7 Å². The van der Waals surface area contributed by atoms with Crippen molar-refractivity contribution in [2.45, 2.75) is 0 Å². The van der Waals surface area contributed by atoms with Crippen molar-refractivity contribution in [2.24, 2.45) is 0 Å². The molecule has 0 amide bonds. The molecule has 0 fully saturated rings. The third-order valence-corrected chi connectivity index (χ3v) is 6.76. The molecule has 8 aromatic rings. The Morgan fingerprint density at radius 2 is 1.09 bits per heavy atom. The van der Waals surface area contributed by atoms with Gasteiger partial charge in [-0.3, -0.25) is 9.59 Å². The molecule has 0 saturated heterocycles. The standard InChI is InChI=1S/C26H14N4O2/c31-25-15-9-3-6-12-18(15)29-24-20-14-8-2-5-11-17(14)28-23(20)22-19(21(24)26(32)30(25)29)13-7-1-4-10-16(13)27-22/h1-12,27-28H. The Labute approximate surface area is 178 Å². The first-order valence-corrected chi connectivity index (χ1v) is 10.5. The zero-order valence-corrected chi connectivity index (χ0v) is 16.6. The molecular formula is C26H14N4O2. The average Bonchev–Trinajstić information content (AvgIpc) is 3.54. The second-order valence-corrected chi connectivity index (χ2v) is 8.32. The highest BCUT2D eigenvalue weighted by Gasteiger charge is 2.25. The number of H-pyrrole nitrogens is 2. The molecule has 0 aliphatic rings. The third-order valence-electron chi connectivity index (χ3n) is 6.76. The lowest BCUT2D eigenvalue weighted by atomic mass is 10.0. The van der Waals surface area contributed by atoms with E-state index in [-0.39, 0.29) is 11.1 Å². The van der Waals surface area contributed by atoms with Gasteiger partial charge in [-0.25, -0.2) is 4.52 Å². The van der Waals surface area contributed by atoms with E-state index < -0.39 is 0 Å². The minimum Gasteiger partial charge on any atom is -0.353 e. The van der Waals surface area contributed by atoms with Gasteiger partial charge in [-0.15, -0.1) is 0 Å². The van der Waals surface area contributed by atoms with Crippen molar-refractivity contribution in [2.75, 3.05) is 0 Å². The number of fused-ring (bicyclic) bond motifs is 14. The first kappa shape index (κ1) is 16.2. The van der Waals surface area contributed by atoms with Gasteiger partial charge in [-0.05, 0) is 24.3 Å². The second-order valence-electron chi connectivity index (χ2n) is 8.32. The molecular weight excluding hydrogens is 400 g/mol. The SMILES string of the molecule is O=c1c2ccccc2n2c3c(c(=O)n12)c1c2ccccc2[nH]c1c1[nH]c2ccccc2c13. The number of benzene rings is 4. The van der Waals surface area contributed by atoms with E-state index in [0.29, 0.717) is 10.8 Å². The van der Waals surface area contributed by atoms with Crippen molar-refractivity contribution in [3.8, 4) is 0 Å². The molecule has 0 aliphatic heterocycles. The Hall–Kier alpha value is -4.58. The van der Waals surface area contributed by atoms with Crippen molar-refractivity contribution in [3.05, 3.63) is 93.5 Å². The van der Waals surface area contributed by atoms with Crippen LogP contribution in [0.2, 0.25) is 0 Å². The molecule has 0 radical (unpaired) electrons. The molecule has 0 saturated carbocycles. The number of nitrogens with zero attached hydrogens (tertiary/aromatic N) is 2. The summed E-state index contributed by atoms with van der Waals surface area (Å²) in [6, 6.07) is 23.5. The lowest BCUT2D eigenvalue weighted by Crippen LogP contribution is -2.21. The van der Waals surface area contributed by atoms with E-state index in [9.17, 15) is 9.59 Å². The van der Waals surface area contributed by atoms with Crippen LogP contribution in [0.15, 0.2) is 82.4 Å². The van der Waals surface area contributed by atoms with E-state index in [4.69, 9.17) is 0 Å². The summed E-state index contributed by atoms with van der Waals surface area (Å²) in [6.07, 6.45) is 0. The minimum atomic E-state index is -0.289. The van der Waals surface area contributed by atoms with Gasteiger partial charge in [0, 0.05) is 32.6 Å². The summed E-state index contributed by atoms with van der Waals surface area (Å²) in [7, 11) is 0. The Balaban J connectivity index is 1.88. The molecule has 8 rings (SSSR count). The quantitative estimate of drug-likeness (QED) is 0.375. The number of hydrogen-bond donors (Lipinski definition) is 2. The first-order valence-electron chi connectivity index (χ1n) is 10.5. The topological polar surface area (TPSA) is 74.5 Å². The lowest BCUT2D eigenvalue weighted by molar-refractivity contribution is 0.843. The van der Waals surface area contributed by atoms with Crippen LogP contribution in [0.3, 0.4) is 0 Å². The third kappa shape index (κ3) is 1.63. The van der Waals surface area contributed by atoms with Crippen LogP contribution < -0.4 is 11.1 Å². The van der Waals surface area contributed by atoms with Crippen LogP contribution in [0.5, 0.6) is 0 Å². The molecule has 150 valence electrons. The summed E-state index contributed by atoms with van der Waals surface area (Å²) in [5, 5.41) is 4.88. The average molecular weight is 414 g/mol. The van der Waals surface area contributed by atoms with Crippen molar-refractivity contribution in [3.63, 3.8) is 0 Å². The van der Waals surface area contributed by atoms with Gasteiger partial charge in [0.25, 0.3) is 11.1 Å². The maximum absolute atomic E-state index is 13.9. The van der Waals surface area contributed by atoms with E-state index >= 15 is 0 Å². The number of hydrogen-bond acceptors (Lipinski definition) is 2. The number of nitrogens with one attached hydrogen (secondary N) is 2. The summed E-state index contributed by atoms with van der Waals surface area (Å²) in [5.41, 5.74) is 4.67. The van der Waals surface area contributed by atoms with Gasteiger partial charge in [0.2, 0.25) is 0 Å². The smallest absolute Gasteiger partial charge is 0.283 e. The molecule has 0 aliphatic carbocycles. The van der Waals surface area contributed by atoms with Crippen LogP contribution >= 0.6 is 0 Å². The zero-order valence-electron chi connectivity index (χ0n) is 16.6. The molecule has 2 N–H and O–H groups in total. The van der Waals surface area contributed by atoms with E-state index in [0.717, 1.165) is 54.6 Å². The largest absolute Gasteiger partial charge is 0.353 e. The van der Waals surface area contributed by atoms with Gasteiger partial charge in [0.05, 0.1) is 32.8 Å². The van der Waals surface area contributed by atoms with Crippen LogP contribution in [0, 0.1) is 0 Å². The summed E-state index contributed by atoms with van der Waals surface area (Å²) < 4.78 is 3.09. The number of aromatic amines is 2. The van der Waals surface area contributed by atoms with Gasteiger partial charge >= 0.3 is 0 Å². The minimum absolute atomic E-state index is 0.289. The van der Waals surface area contributed by atoms with Crippen LogP contribution in [0.4, 0.5) is 0 Å². The van der Waals surface area contributed by atoms with Crippen LogP contribution in [0.25, 0.3) is 65.4 Å². The van der Waals surface area contributed by atoms with Crippen LogP contribution in [0.1, 0.15) is 0 Å². The van der Waals surface area contributed by atoms with Gasteiger partial charge in [0.1, 0.15) is 0 Å². The van der Waals surface area contributed by atoms with Crippen molar-refractivity contribution in [1.82, 2.24) is 19.0 Å². The second kappa shape index (κ2) is 5.18. The summed E-state index contributed by atoms with van der Waals surface area (Å²) in [6.45, 7) is 0. The number of rotatable bonds is 0. The van der Waals surface area contributed by atoms with E-state index in [2.05, 4.69) is 16.0 Å². The number of para-hydroxylation sites is 3. The summed E-state index contributed by atoms with van der Waals surface area (Å²) in [4.78, 5) is 34.2. The molecule has 32 heavy (non-hydrogen) atoms. The molecule has 4 heterocycles. The highest BCUT2D eigenvalue weighted by Crippen LogP contribution is 2.40. The number of aromatic nitrogens is 4. The Morgan fingerprint density at radius 3 is 1.81 bits per heavy atom. The normalized spacial score (nSPS) is 12.6. The molecule has 0 unspecified atom stereocenters. The monoisotopic (exact) mass is 414 g/mol. The maximum atomic E-state index is 13.9. The molecule has 0 bridgehead atoms.